The van der Waals surface area contributed by atoms with E-state index in [0.29, 0.717) is 17.8 Å². The molecule has 1 aromatic carbocycles. The van der Waals surface area contributed by atoms with Crippen molar-refractivity contribution in [1.29, 1.82) is 0 Å². The molecule has 0 aromatic heterocycles. The van der Waals surface area contributed by atoms with Crippen LogP contribution in [0.15, 0.2) is 30.3 Å². The number of benzene rings is 1. The zero-order chi connectivity index (χ0) is 16.8. The van der Waals surface area contributed by atoms with Gasteiger partial charge in [0.25, 0.3) is 0 Å². The number of aryl methyl sites for hydroxylation is 1. The lowest BCUT2D eigenvalue weighted by Crippen LogP contribution is -2.53. The largest absolute Gasteiger partial charge is 0.469 e. The average molecular weight is 328 g/mol. The third-order valence-corrected chi connectivity index (χ3v) is 7.38. The summed E-state index contributed by atoms with van der Waals surface area (Å²) in [6.45, 7) is 0. The maximum Gasteiger partial charge on any atom is 0.314 e. The highest BCUT2D eigenvalue weighted by Crippen LogP contribution is 2.69. The van der Waals surface area contributed by atoms with Gasteiger partial charge in [-0.05, 0) is 74.7 Å². The Labute approximate surface area is 144 Å². The lowest BCUT2D eigenvalue weighted by molar-refractivity contribution is -0.176. The number of methoxy groups -OCH3 is 1. The van der Waals surface area contributed by atoms with Gasteiger partial charge in [0.2, 0.25) is 0 Å². The third kappa shape index (κ3) is 2.17. The van der Waals surface area contributed by atoms with Gasteiger partial charge in [-0.15, -0.1) is 0 Å². The minimum atomic E-state index is -0.805. The molecule has 0 saturated heterocycles. The molecular weight excluding hydrogens is 300 g/mol. The van der Waals surface area contributed by atoms with Crippen molar-refractivity contribution in [2.24, 2.45) is 23.2 Å². The fraction of sp³-hybridized carbons (Fsp3) is 0.667. The molecule has 130 valence electrons. The van der Waals surface area contributed by atoms with Crippen molar-refractivity contribution in [2.75, 3.05) is 7.11 Å². The third-order valence-electron chi connectivity index (χ3n) is 7.38. The predicted molar refractivity (Wildman–Crippen MR) is 92.3 cm³/mol. The van der Waals surface area contributed by atoms with Gasteiger partial charge in [0.1, 0.15) is 0 Å². The van der Waals surface area contributed by atoms with E-state index in [2.05, 4.69) is 30.3 Å². The molecule has 4 bridgehead atoms. The van der Waals surface area contributed by atoms with Crippen LogP contribution in [0.1, 0.15) is 50.5 Å². The topological polar surface area (TPSA) is 46.5 Å². The Morgan fingerprint density at radius 2 is 2.00 bits per heavy atom. The van der Waals surface area contributed by atoms with Crippen molar-refractivity contribution in [3.05, 3.63) is 35.9 Å². The van der Waals surface area contributed by atoms with Crippen LogP contribution in [0.3, 0.4) is 0 Å². The van der Waals surface area contributed by atoms with Gasteiger partial charge in [0.05, 0.1) is 18.1 Å². The molecule has 4 rings (SSSR count). The summed E-state index contributed by atoms with van der Waals surface area (Å²) in [5.74, 6) is 1.31. The quantitative estimate of drug-likeness (QED) is 0.838. The molecule has 0 unspecified atom stereocenters. The summed E-state index contributed by atoms with van der Waals surface area (Å²) in [5, 5.41) is 11.5. The van der Waals surface area contributed by atoms with E-state index < -0.39 is 11.0 Å². The molecule has 3 aliphatic carbocycles. The van der Waals surface area contributed by atoms with Crippen LogP contribution < -0.4 is 0 Å². The minimum absolute atomic E-state index is 0.170. The van der Waals surface area contributed by atoms with Crippen LogP contribution in [0.25, 0.3) is 0 Å². The summed E-state index contributed by atoms with van der Waals surface area (Å²) < 4.78 is 5.10. The molecule has 5 atom stereocenters. The molecular formula is C21H28O3. The molecule has 3 nitrogen and oxygen atoms in total. The highest BCUT2D eigenvalue weighted by atomic mass is 16.5. The lowest BCUT2D eigenvalue weighted by atomic mass is 9.64. The number of hydrogen-bond donors (Lipinski definition) is 1. The maximum absolute atomic E-state index is 12.5. The van der Waals surface area contributed by atoms with E-state index in [-0.39, 0.29) is 5.97 Å². The van der Waals surface area contributed by atoms with E-state index in [1.165, 1.54) is 19.1 Å². The molecule has 0 radical (unpaired) electrons. The van der Waals surface area contributed by atoms with Gasteiger partial charge in [0, 0.05) is 0 Å². The normalized spacial score (nSPS) is 39.8. The van der Waals surface area contributed by atoms with Crippen molar-refractivity contribution in [3.8, 4) is 0 Å². The summed E-state index contributed by atoms with van der Waals surface area (Å²) >= 11 is 0. The molecule has 3 fully saturated rings. The molecule has 0 heterocycles. The predicted octanol–water partition coefficient (Wildman–Crippen LogP) is 3.74. The number of carbonyl (C=O) groups is 1. The van der Waals surface area contributed by atoms with E-state index in [9.17, 15) is 9.90 Å². The van der Waals surface area contributed by atoms with E-state index in [1.54, 1.807) is 0 Å². The van der Waals surface area contributed by atoms with Crippen LogP contribution in [0.5, 0.6) is 0 Å². The molecule has 0 spiro atoms. The van der Waals surface area contributed by atoms with Crippen LogP contribution >= 0.6 is 0 Å². The first-order valence-electron chi connectivity index (χ1n) is 9.45. The summed E-state index contributed by atoms with van der Waals surface area (Å²) in [4.78, 5) is 12.5. The molecule has 3 aliphatic rings. The summed E-state index contributed by atoms with van der Waals surface area (Å²) in [5.41, 5.74) is -0.0259. The number of rotatable bonds is 5. The fourth-order valence-corrected chi connectivity index (χ4v) is 6.30. The zero-order valence-electron chi connectivity index (χ0n) is 14.5. The van der Waals surface area contributed by atoms with Crippen LogP contribution in [-0.4, -0.2) is 23.8 Å². The number of ether oxygens (including phenoxy) is 1. The standard InChI is InChI=1S/C21H28O3/c1-24-19(22)20-12-10-17-16(14-21(20,23)18(17)11-13-20)9-5-8-15-6-3-2-4-7-15/h2-4,6-7,16-18,23H,5,8-14H2,1H3/t16-,17+,18+,20+,21+/m0/s1. The number of hydrogen-bond acceptors (Lipinski definition) is 3. The Balaban J connectivity index is 1.45. The van der Waals surface area contributed by atoms with Crippen molar-refractivity contribution in [2.45, 2.75) is 57.0 Å². The van der Waals surface area contributed by atoms with Gasteiger partial charge < -0.3 is 9.84 Å². The second-order valence-electron chi connectivity index (χ2n) is 8.19. The van der Waals surface area contributed by atoms with E-state index in [0.717, 1.165) is 44.9 Å². The first-order valence-corrected chi connectivity index (χ1v) is 9.45. The zero-order valence-corrected chi connectivity index (χ0v) is 14.5. The molecule has 24 heavy (non-hydrogen) atoms. The van der Waals surface area contributed by atoms with Gasteiger partial charge in [-0.1, -0.05) is 30.3 Å². The second kappa shape index (κ2) is 5.87. The lowest BCUT2D eigenvalue weighted by Gasteiger charge is -2.43. The fourth-order valence-electron chi connectivity index (χ4n) is 6.30. The van der Waals surface area contributed by atoms with E-state index in [4.69, 9.17) is 4.74 Å². The number of carbonyl (C=O) groups excluding carboxylic acids is 1. The van der Waals surface area contributed by atoms with Gasteiger partial charge >= 0.3 is 5.97 Å². The Kier molecular flexibility index (Phi) is 3.95. The molecule has 0 amide bonds. The monoisotopic (exact) mass is 328 g/mol. The van der Waals surface area contributed by atoms with Crippen molar-refractivity contribution < 1.29 is 14.6 Å². The first-order chi connectivity index (χ1) is 11.6. The SMILES string of the molecule is COC(=O)[C@]12CC[C@@H]3[C@@H](CCCc4ccccc4)C[C@@]1(O)[C@@H]3CC2. The van der Waals surface area contributed by atoms with Crippen LogP contribution in [-0.2, 0) is 16.0 Å². The summed E-state index contributed by atoms with van der Waals surface area (Å²) in [6, 6.07) is 10.6. The van der Waals surface area contributed by atoms with Gasteiger partial charge in [0.15, 0.2) is 0 Å². The van der Waals surface area contributed by atoms with E-state index >= 15 is 0 Å². The smallest absolute Gasteiger partial charge is 0.314 e. The highest BCUT2D eigenvalue weighted by molar-refractivity contribution is 5.79. The maximum atomic E-state index is 12.5. The Hall–Kier alpha value is -1.35. The minimum Gasteiger partial charge on any atom is -0.469 e. The molecule has 0 aliphatic heterocycles. The van der Waals surface area contributed by atoms with Crippen LogP contribution in [0.4, 0.5) is 0 Å². The molecule has 3 saturated carbocycles. The Bertz CT molecular complexity index is 613. The first kappa shape index (κ1) is 16.1. The Morgan fingerprint density at radius 1 is 1.25 bits per heavy atom. The molecule has 1 N–H and O–H groups in total. The van der Waals surface area contributed by atoms with Crippen molar-refractivity contribution >= 4 is 5.97 Å². The highest BCUT2D eigenvalue weighted by Gasteiger charge is 2.72. The van der Waals surface area contributed by atoms with Gasteiger partial charge in [-0.25, -0.2) is 0 Å². The van der Waals surface area contributed by atoms with Gasteiger partial charge in [-0.2, -0.15) is 0 Å². The molecule has 1 aromatic rings. The van der Waals surface area contributed by atoms with Crippen molar-refractivity contribution in [1.82, 2.24) is 0 Å². The van der Waals surface area contributed by atoms with Crippen LogP contribution in [0, 0.1) is 23.2 Å². The summed E-state index contributed by atoms with van der Waals surface area (Å²) in [7, 11) is 1.46. The summed E-state index contributed by atoms with van der Waals surface area (Å²) in [6.07, 6.45) is 7.93. The number of aliphatic hydroxyl groups is 1. The Morgan fingerprint density at radius 3 is 2.75 bits per heavy atom. The van der Waals surface area contributed by atoms with Crippen LogP contribution in [0.2, 0.25) is 0 Å². The number of esters is 1. The molecule has 3 heteroatoms. The van der Waals surface area contributed by atoms with E-state index in [1.807, 2.05) is 0 Å². The van der Waals surface area contributed by atoms with Gasteiger partial charge in [-0.3, -0.25) is 4.79 Å². The van der Waals surface area contributed by atoms with Crippen molar-refractivity contribution in [3.63, 3.8) is 0 Å². The second-order valence-corrected chi connectivity index (χ2v) is 8.19. The average Bonchev–Trinajstić information content (AvgIpc) is 2.88.